The Morgan fingerprint density at radius 1 is 0.964 bits per heavy atom. The number of hydrogen-bond donors (Lipinski definition) is 0. The fourth-order valence-electron chi connectivity index (χ4n) is 4.82. The molecule has 150 valence electrons. The molecule has 5 heteroatoms. The molecule has 2 fully saturated rings. The molecule has 0 amide bonds. The van der Waals surface area contributed by atoms with E-state index in [-0.39, 0.29) is 0 Å². The lowest BCUT2D eigenvalue weighted by Gasteiger charge is -2.40. The van der Waals surface area contributed by atoms with Crippen molar-refractivity contribution >= 4 is 11.8 Å². The molecule has 1 aromatic carbocycles. The summed E-state index contributed by atoms with van der Waals surface area (Å²) < 4.78 is 0. The zero-order valence-electron chi connectivity index (χ0n) is 17.0. The molecule has 0 radical (unpaired) electrons. The maximum atomic E-state index is 4.50. The van der Waals surface area contributed by atoms with E-state index in [1.165, 1.54) is 69.5 Å². The molecule has 1 unspecified atom stereocenters. The summed E-state index contributed by atoms with van der Waals surface area (Å²) in [7, 11) is 0. The van der Waals surface area contributed by atoms with Crippen LogP contribution < -0.4 is 0 Å². The fraction of sp³-hybridized carbons (Fsp3) is 0.565. The highest BCUT2D eigenvalue weighted by Crippen LogP contribution is 2.39. The van der Waals surface area contributed by atoms with Crippen molar-refractivity contribution < 1.29 is 0 Å². The van der Waals surface area contributed by atoms with Crippen LogP contribution in [0.15, 0.2) is 47.9 Å². The topological polar surface area (TPSA) is 32.3 Å². The molecule has 1 spiro atoms. The quantitative estimate of drug-likeness (QED) is 0.519. The summed E-state index contributed by atoms with van der Waals surface area (Å²) in [5.74, 6) is 1.02. The molecule has 1 aromatic heterocycles. The first-order valence-electron chi connectivity index (χ1n) is 10.7. The summed E-state index contributed by atoms with van der Waals surface area (Å²) in [5, 5.41) is 0.894. The number of aromatic nitrogens is 2. The minimum atomic E-state index is 0.494. The number of rotatable bonds is 7. The number of piperidine rings is 1. The van der Waals surface area contributed by atoms with Crippen molar-refractivity contribution in [3.63, 3.8) is 0 Å². The van der Waals surface area contributed by atoms with Crippen LogP contribution in [-0.4, -0.2) is 58.2 Å². The molecule has 3 heterocycles. The molecule has 0 bridgehead atoms. The van der Waals surface area contributed by atoms with E-state index in [1.54, 1.807) is 11.8 Å². The first-order valence-corrected chi connectivity index (χ1v) is 11.7. The van der Waals surface area contributed by atoms with Gasteiger partial charge in [-0.25, -0.2) is 9.97 Å². The number of thioether (sulfide) groups is 1. The van der Waals surface area contributed by atoms with Crippen LogP contribution in [-0.2, 0) is 13.0 Å². The minimum Gasteiger partial charge on any atom is -0.302 e. The maximum absolute atomic E-state index is 4.50. The van der Waals surface area contributed by atoms with Crippen LogP contribution in [0.2, 0.25) is 0 Å². The van der Waals surface area contributed by atoms with Gasteiger partial charge in [-0.1, -0.05) is 49.0 Å². The summed E-state index contributed by atoms with van der Waals surface area (Å²) in [6, 6.07) is 10.9. The standard InChI is InChI=1S/C23H32N4S/c1-2-28-22-24-15-21(16-25-22)17-27-14-11-23(19-27)10-6-12-26(18-23)13-9-20-7-4-3-5-8-20/h3-5,7-8,15-16H,2,6,9-14,17-19H2,1H3. The molecule has 2 aromatic rings. The van der Waals surface area contributed by atoms with Gasteiger partial charge < -0.3 is 4.90 Å². The molecule has 0 saturated carbocycles. The third-order valence-electron chi connectivity index (χ3n) is 6.18. The fourth-order valence-corrected chi connectivity index (χ4v) is 5.33. The molecule has 28 heavy (non-hydrogen) atoms. The highest BCUT2D eigenvalue weighted by molar-refractivity contribution is 7.99. The van der Waals surface area contributed by atoms with E-state index in [9.17, 15) is 0 Å². The second kappa shape index (κ2) is 9.38. The summed E-state index contributed by atoms with van der Waals surface area (Å²) in [6.07, 6.45) is 9.26. The van der Waals surface area contributed by atoms with E-state index in [0.717, 1.165) is 17.5 Å². The van der Waals surface area contributed by atoms with Gasteiger partial charge in [0, 0.05) is 44.1 Å². The van der Waals surface area contributed by atoms with Crippen molar-refractivity contribution in [2.45, 2.75) is 44.3 Å². The van der Waals surface area contributed by atoms with Gasteiger partial charge in [0.15, 0.2) is 5.16 Å². The molecule has 0 N–H and O–H groups in total. The van der Waals surface area contributed by atoms with Crippen LogP contribution in [0.3, 0.4) is 0 Å². The van der Waals surface area contributed by atoms with Crippen LogP contribution in [0.4, 0.5) is 0 Å². The van der Waals surface area contributed by atoms with Crippen LogP contribution in [0.5, 0.6) is 0 Å². The van der Waals surface area contributed by atoms with Crippen molar-refractivity contribution in [1.82, 2.24) is 19.8 Å². The van der Waals surface area contributed by atoms with Gasteiger partial charge in [0.05, 0.1) is 0 Å². The highest BCUT2D eigenvalue weighted by Gasteiger charge is 2.41. The lowest BCUT2D eigenvalue weighted by Crippen LogP contribution is -2.45. The van der Waals surface area contributed by atoms with E-state index in [2.05, 4.69) is 57.0 Å². The van der Waals surface area contributed by atoms with Crippen molar-refractivity contribution in [3.05, 3.63) is 53.9 Å². The van der Waals surface area contributed by atoms with E-state index in [0.29, 0.717) is 5.41 Å². The first-order chi connectivity index (χ1) is 13.7. The minimum absolute atomic E-state index is 0.494. The second-order valence-corrected chi connectivity index (χ2v) is 9.61. The van der Waals surface area contributed by atoms with Crippen LogP contribution in [0.25, 0.3) is 0 Å². The zero-order valence-corrected chi connectivity index (χ0v) is 17.8. The first kappa shape index (κ1) is 19.9. The van der Waals surface area contributed by atoms with Gasteiger partial charge in [-0.05, 0) is 55.5 Å². The summed E-state index contributed by atoms with van der Waals surface area (Å²) in [4.78, 5) is 14.3. The van der Waals surface area contributed by atoms with Crippen molar-refractivity contribution in [1.29, 1.82) is 0 Å². The normalized spacial score (nSPS) is 23.5. The number of nitrogens with zero attached hydrogens (tertiary/aromatic N) is 4. The Hall–Kier alpha value is -1.43. The summed E-state index contributed by atoms with van der Waals surface area (Å²) in [5.41, 5.74) is 3.20. The Morgan fingerprint density at radius 3 is 2.54 bits per heavy atom. The van der Waals surface area contributed by atoms with E-state index in [4.69, 9.17) is 0 Å². The molecule has 2 aliphatic rings. The highest BCUT2D eigenvalue weighted by atomic mass is 32.2. The molecule has 0 aliphatic carbocycles. The van der Waals surface area contributed by atoms with Crippen molar-refractivity contribution in [2.24, 2.45) is 5.41 Å². The average molecular weight is 397 g/mol. The van der Waals surface area contributed by atoms with Crippen molar-refractivity contribution in [3.8, 4) is 0 Å². The predicted molar refractivity (Wildman–Crippen MR) is 117 cm³/mol. The zero-order chi connectivity index (χ0) is 19.2. The van der Waals surface area contributed by atoms with Gasteiger partial charge in [0.1, 0.15) is 0 Å². The third-order valence-corrected chi connectivity index (χ3v) is 6.94. The Bertz CT molecular complexity index is 736. The van der Waals surface area contributed by atoms with Gasteiger partial charge in [0.2, 0.25) is 0 Å². The van der Waals surface area contributed by atoms with Crippen LogP contribution in [0.1, 0.15) is 37.3 Å². The van der Waals surface area contributed by atoms with Gasteiger partial charge in [-0.15, -0.1) is 0 Å². The smallest absolute Gasteiger partial charge is 0.187 e. The van der Waals surface area contributed by atoms with Crippen molar-refractivity contribution in [2.75, 3.05) is 38.5 Å². The van der Waals surface area contributed by atoms with Crippen LogP contribution >= 0.6 is 11.8 Å². The van der Waals surface area contributed by atoms with Gasteiger partial charge in [-0.2, -0.15) is 0 Å². The summed E-state index contributed by atoms with van der Waals surface area (Å²) >= 11 is 1.71. The lowest BCUT2D eigenvalue weighted by molar-refractivity contribution is 0.0928. The number of hydrogen-bond acceptors (Lipinski definition) is 5. The van der Waals surface area contributed by atoms with E-state index >= 15 is 0 Å². The van der Waals surface area contributed by atoms with Gasteiger partial charge in [0.25, 0.3) is 0 Å². The van der Waals surface area contributed by atoms with E-state index < -0.39 is 0 Å². The largest absolute Gasteiger partial charge is 0.302 e. The Kier molecular flexibility index (Phi) is 6.65. The monoisotopic (exact) mass is 396 g/mol. The summed E-state index contributed by atoms with van der Waals surface area (Å²) in [6.45, 7) is 9.27. The van der Waals surface area contributed by atoms with Crippen LogP contribution in [0, 0.1) is 5.41 Å². The molecular weight excluding hydrogens is 364 g/mol. The maximum Gasteiger partial charge on any atom is 0.187 e. The van der Waals surface area contributed by atoms with Gasteiger partial charge >= 0.3 is 0 Å². The molecule has 4 nitrogen and oxygen atoms in total. The molecule has 4 rings (SSSR count). The predicted octanol–water partition coefficient (Wildman–Crippen LogP) is 4.12. The van der Waals surface area contributed by atoms with E-state index in [1.807, 2.05) is 12.4 Å². The number of benzene rings is 1. The second-order valence-electron chi connectivity index (χ2n) is 8.38. The van der Waals surface area contributed by atoms with Gasteiger partial charge in [-0.3, -0.25) is 4.90 Å². The molecular formula is C23H32N4S. The Morgan fingerprint density at radius 2 is 1.75 bits per heavy atom. The number of likely N-dealkylation sites (tertiary alicyclic amines) is 2. The Labute approximate surface area is 173 Å². The molecule has 1 atom stereocenters. The molecule has 2 aliphatic heterocycles. The average Bonchev–Trinajstić information content (AvgIpc) is 3.10. The Balaban J connectivity index is 1.29. The SMILES string of the molecule is CCSc1ncc(CN2CCC3(CCCN(CCc4ccccc4)C3)C2)cn1. The molecule has 2 saturated heterocycles. The lowest BCUT2D eigenvalue weighted by atomic mass is 9.79. The third kappa shape index (κ3) is 5.13.